The van der Waals surface area contributed by atoms with E-state index in [0.717, 1.165) is 11.3 Å². The maximum Gasteiger partial charge on any atom is 0.194 e. The van der Waals surface area contributed by atoms with E-state index in [0.29, 0.717) is 23.1 Å². The molecule has 1 aromatic carbocycles. The smallest absolute Gasteiger partial charge is 0.194 e. The molecular weight excluding hydrogens is 230 g/mol. The maximum absolute atomic E-state index is 12.2. The third-order valence-corrected chi connectivity index (χ3v) is 2.75. The van der Waals surface area contributed by atoms with Crippen molar-refractivity contribution < 1.29 is 14.3 Å². The number of methoxy groups -OCH3 is 1. The second-order valence-corrected chi connectivity index (χ2v) is 3.98. The van der Waals surface area contributed by atoms with Gasteiger partial charge in [0.05, 0.1) is 12.8 Å². The van der Waals surface area contributed by atoms with Crippen LogP contribution in [0.3, 0.4) is 0 Å². The van der Waals surface area contributed by atoms with Gasteiger partial charge in [-0.2, -0.15) is 0 Å². The van der Waals surface area contributed by atoms with Gasteiger partial charge in [-0.15, -0.1) is 0 Å². The lowest BCUT2D eigenvalue weighted by Gasteiger charge is -2.05. The zero-order valence-electron chi connectivity index (χ0n) is 10.2. The highest BCUT2D eigenvalue weighted by Gasteiger charge is 2.12. The molecule has 4 heteroatoms. The molecule has 1 aromatic heterocycles. The molecule has 1 N–H and O–H groups in total. The summed E-state index contributed by atoms with van der Waals surface area (Å²) >= 11 is 0. The van der Waals surface area contributed by atoms with E-state index in [4.69, 9.17) is 4.74 Å². The highest BCUT2D eigenvalue weighted by atomic mass is 16.5. The van der Waals surface area contributed by atoms with Gasteiger partial charge in [-0.3, -0.25) is 9.59 Å². The Labute approximate surface area is 105 Å². The third-order valence-electron chi connectivity index (χ3n) is 2.75. The van der Waals surface area contributed by atoms with E-state index < -0.39 is 0 Å². The zero-order chi connectivity index (χ0) is 13.1. The Morgan fingerprint density at radius 2 is 2.06 bits per heavy atom. The second kappa shape index (κ2) is 4.87. The number of carbonyl (C=O) groups is 2. The van der Waals surface area contributed by atoms with Crippen LogP contribution in [0, 0.1) is 6.92 Å². The van der Waals surface area contributed by atoms with E-state index >= 15 is 0 Å². The molecule has 0 fully saturated rings. The molecule has 0 unspecified atom stereocenters. The second-order valence-electron chi connectivity index (χ2n) is 3.98. The van der Waals surface area contributed by atoms with Crippen LogP contribution in [0.25, 0.3) is 0 Å². The molecule has 0 saturated carbocycles. The summed E-state index contributed by atoms with van der Waals surface area (Å²) in [7, 11) is 1.59. The van der Waals surface area contributed by atoms with Crippen LogP contribution < -0.4 is 4.74 Å². The SMILES string of the molecule is COc1ccc(C(=O)c2c[nH]c(C=O)c2)cc1C. The Bertz CT molecular complexity index is 599. The van der Waals surface area contributed by atoms with Gasteiger partial charge >= 0.3 is 0 Å². The van der Waals surface area contributed by atoms with Crippen LogP contribution in [0.4, 0.5) is 0 Å². The minimum absolute atomic E-state index is 0.120. The summed E-state index contributed by atoms with van der Waals surface area (Å²) in [4.78, 5) is 25.4. The van der Waals surface area contributed by atoms with Crippen molar-refractivity contribution in [2.24, 2.45) is 0 Å². The molecule has 0 saturated heterocycles. The van der Waals surface area contributed by atoms with E-state index in [-0.39, 0.29) is 5.78 Å². The van der Waals surface area contributed by atoms with E-state index in [9.17, 15) is 9.59 Å². The molecule has 0 radical (unpaired) electrons. The molecule has 0 atom stereocenters. The van der Waals surface area contributed by atoms with Crippen molar-refractivity contribution in [3.63, 3.8) is 0 Å². The normalized spacial score (nSPS) is 10.1. The summed E-state index contributed by atoms with van der Waals surface area (Å²) in [6, 6.07) is 6.78. The van der Waals surface area contributed by atoms with Crippen LogP contribution in [0.2, 0.25) is 0 Å². The highest BCUT2D eigenvalue weighted by Crippen LogP contribution is 2.20. The van der Waals surface area contributed by atoms with Crippen molar-refractivity contribution in [3.8, 4) is 5.75 Å². The average Bonchev–Trinajstić information content (AvgIpc) is 2.86. The number of benzene rings is 1. The summed E-state index contributed by atoms with van der Waals surface area (Å²) < 4.78 is 5.14. The number of hydrogen-bond acceptors (Lipinski definition) is 3. The van der Waals surface area contributed by atoms with Gasteiger partial charge in [-0.25, -0.2) is 0 Å². The van der Waals surface area contributed by atoms with Gasteiger partial charge in [0.1, 0.15) is 5.75 Å². The molecule has 0 aliphatic heterocycles. The van der Waals surface area contributed by atoms with Crippen molar-refractivity contribution in [2.75, 3.05) is 7.11 Å². The lowest BCUT2D eigenvalue weighted by atomic mass is 10.0. The van der Waals surface area contributed by atoms with Gasteiger partial charge in [-0.1, -0.05) is 0 Å². The third kappa shape index (κ3) is 2.18. The molecule has 0 spiro atoms. The zero-order valence-corrected chi connectivity index (χ0v) is 10.2. The summed E-state index contributed by atoms with van der Waals surface area (Å²) in [5.41, 5.74) is 2.34. The van der Waals surface area contributed by atoms with Crippen molar-refractivity contribution >= 4 is 12.1 Å². The molecule has 0 aliphatic carbocycles. The summed E-state index contributed by atoms with van der Waals surface area (Å²) in [6.45, 7) is 1.88. The quantitative estimate of drug-likeness (QED) is 0.662. The number of ether oxygens (including phenoxy) is 1. The van der Waals surface area contributed by atoms with Crippen LogP contribution >= 0.6 is 0 Å². The standard InChI is InChI=1S/C14H13NO3/c1-9-5-10(3-4-13(9)18-2)14(17)11-6-12(8-16)15-7-11/h3-8,15H,1-2H3. The molecule has 0 aliphatic rings. The van der Waals surface area contributed by atoms with Crippen molar-refractivity contribution in [2.45, 2.75) is 6.92 Å². The van der Waals surface area contributed by atoms with Crippen LogP contribution in [-0.4, -0.2) is 24.2 Å². The molecule has 1 heterocycles. The number of ketones is 1. The number of rotatable bonds is 4. The Balaban J connectivity index is 2.33. The first-order valence-electron chi connectivity index (χ1n) is 5.48. The molecular formula is C14H13NO3. The topological polar surface area (TPSA) is 59.2 Å². The molecule has 0 amide bonds. The fourth-order valence-corrected chi connectivity index (χ4v) is 1.80. The number of aromatic nitrogens is 1. The van der Waals surface area contributed by atoms with Gasteiger partial charge in [0.2, 0.25) is 0 Å². The first kappa shape index (κ1) is 12.1. The minimum atomic E-state index is -0.120. The fourth-order valence-electron chi connectivity index (χ4n) is 1.80. The Morgan fingerprint density at radius 3 is 2.61 bits per heavy atom. The van der Waals surface area contributed by atoms with Crippen LogP contribution in [-0.2, 0) is 0 Å². The summed E-state index contributed by atoms with van der Waals surface area (Å²) in [6.07, 6.45) is 2.21. The van der Waals surface area contributed by atoms with E-state index in [1.54, 1.807) is 25.3 Å². The molecule has 2 rings (SSSR count). The predicted molar refractivity (Wildman–Crippen MR) is 67.3 cm³/mol. The van der Waals surface area contributed by atoms with Crippen molar-refractivity contribution in [1.82, 2.24) is 4.98 Å². The van der Waals surface area contributed by atoms with Crippen LogP contribution in [0.1, 0.15) is 32.0 Å². The lowest BCUT2D eigenvalue weighted by molar-refractivity contribution is 0.103. The van der Waals surface area contributed by atoms with Gasteiger partial charge < -0.3 is 9.72 Å². The first-order valence-corrected chi connectivity index (χ1v) is 5.48. The summed E-state index contributed by atoms with van der Waals surface area (Å²) in [5, 5.41) is 0. The molecule has 0 bridgehead atoms. The molecule has 4 nitrogen and oxygen atoms in total. The van der Waals surface area contributed by atoms with E-state index in [2.05, 4.69) is 4.98 Å². The molecule has 2 aromatic rings. The van der Waals surface area contributed by atoms with Crippen molar-refractivity contribution in [3.05, 3.63) is 52.8 Å². The number of H-pyrrole nitrogens is 1. The van der Waals surface area contributed by atoms with E-state index in [1.807, 2.05) is 6.92 Å². The van der Waals surface area contributed by atoms with E-state index in [1.165, 1.54) is 12.3 Å². The monoisotopic (exact) mass is 243 g/mol. The Morgan fingerprint density at radius 1 is 1.28 bits per heavy atom. The lowest BCUT2D eigenvalue weighted by Crippen LogP contribution is -2.00. The Kier molecular flexibility index (Phi) is 3.28. The molecule has 18 heavy (non-hydrogen) atoms. The number of hydrogen-bond donors (Lipinski definition) is 1. The summed E-state index contributed by atoms with van der Waals surface area (Å²) in [5.74, 6) is 0.624. The van der Waals surface area contributed by atoms with Crippen LogP contribution in [0.15, 0.2) is 30.5 Å². The highest BCUT2D eigenvalue weighted by molar-refractivity contribution is 6.09. The fraction of sp³-hybridized carbons (Fsp3) is 0.143. The first-order chi connectivity index (χ1) is 8.65. The number of aryl methyl sites for hydroxylation is 1. The minimum Gasteiger partial charge on any atom is -0.496 e. The number of carbonyl (C=O) groups excluding carboxylic acids is 2. The van der Waals surface area contributed by atoms with Gasteiger partial charge in [-0.05, 0) is 36.8 Å². The maximum atomic E-state index is 12.2. The predicted octanol–water partition coefficient (Wildman–Crippen LogP) is 2.38. The largest absolute Gasteiger partial charge is 0.496 e. The van der Waals surface area contributed by atoms with Crippen LogP contribution in [0.5, 0.6) is 5.75 Å². The Hall–Kier alpha value is -2.36. The average molecular weight is 243 g/mol. The van der Waals surface area contributed by atoms with Gasteiger partial charge in [0.15, 0.2) is 12.1 Å². The number of aldehydes is 1. The number of nitrogens with one attached hydrogen (secondary N) is 1. The number of aromatic amines is 1. The molecule has 92 valence electrons. The van der Waals surface area contributed by atoms with Gasteiger partial charge in [0, 0.05) is 17.3 Å². The van der Waals surface area contributed by atoms with Crippen molar-refractivity contribution in [1.29, 1.82) is 0 Å². The van der Waals surface area contributed by atoms with Gasteiger partial charge in [0.25, 0.3) is 0 Å².